The Morgan fingerprint density at radius 1 is 1.29 bits per heavy atom. The number of hydrogen-bond acceptors (Lipinski definition) is 2. The monoisotopic (exact) mass is 277 g/mol. The molecule has 1 N–H and O–H groups in total. The maximum absolute atomic E-state index is 6.05. The van der Waals surface area contributed by atoms with E-state index >= 15 is 0 Å². The number of hydrogen-bond donors (Lipinski definition) is 1. The standard InChI is InChI=1S/C13H20ClNO.ClH/c1-10-5-6-12(11(14)9-10)16-8-7-15-13(2,3)4;/h5-6,9,15H,7-8H2,1-4H3;1H. The van der Waals surface area contributed by atoms with Crippen molar-refractivity contribution < 1.29 is 4.74 Å². The Balaban J connectivity index is 0.00000256. The van der Waals surface area contributed by atoms with Gasteiger partial charge in [-0.2, -0.15) is 0 Å². The maximum atomic E-state index is 6.05. The molecule has 1 aromatic carbocycles. The normalized spacial score (nSPS) is 10.9. The lowest BCUT2D eigenvalue weighted by atomic mass is 10.1. The van der Waals surface area contributed by atoms with Crippen LogP contribution in [0.1, 0.15) is 26.3 Å². The van der Waals surface area contributed by atoms with E-state index in [0.717, 1.165) is 17.9 Å². The predicted molar refractivity (Wildman–Crippen MR) is 76.7 cm³/mol. The fourth-order valence-corrected chi connectivity index (χ4v) is 1.60. The van der Waals surface area contributed by atoms with Crippen molar-refractivity contribution in [3.8, 4) is 5.75 Å². The highest BCUT2D eigenvalue weighted by Crippen LogP contribution is 2.24. The van der Waals surface area contributed by atoms with Crippen LogP contribution in [-0.4, -0.2) is 18.7 Å². The average Bonchev–Trinajstić information content (AvgIpc) is 2.13. The van der Waals surface area contributed by atoms with Gasteiger partial charge >= 0.3 is 0 Å². The molecule has 0 fully saturated rings. The SMILES string of the molecule is Cc1ccc(OCCNC(C)(C)C)c(Cl)c1.Cl. The Morgan fingerprint density at radius 2 is 1.94 bits per heavy atom. The molecule has 98 valence electrons. The van der Waals surface area contributed by atoms with Crippen LogP contribution in [0.15, 0.2) is 18.2 Å². The van der Waals surface area contributed by atoms with Gasteiger partial charge in [-0.25, -0.2) is 0 Å². The van der Waals surface area contributed by atoms with Crippen LogP contribution in [-0.2, 0) is 0 Å². The summed E-state index contributed by atoms with van der Waals surface area (Å²) in [5.74, 6) is 0.753. The largest absolute Gasteiger partial charge is 0.491 e. The van der Waals surface area contributed by atoms with Crippen LogP contribution in [0.5, 0.6) is 5.75 Å². The molecule has 0 spiro atoms. The number of nitrogens with one attached hydrogen (secondary N) is 1. The lowest BCUT2D eigenvalue weighted by Crippen LogP contribution is -2.38. The van der Waals surface area contributed by atoms with Crippen molar-refractivity contribution in [1.82, 2.24) is 5.32 Å². The number of ether oxygens (including phenoxy) is 1. The van der Waals surface area contributed by atoms with Crippen LogP contribution in [0.25, 0.3) is 0 Å². The maximum Gasteiger partial charge on any atom is 0.137 e. The molecular formula is C13H21Cl2NO. The molecule has 0 saturated heterocycles. The van der Waals surface area contributed by atoms with Gasteiger partial charge in [-0.05, 0) is 45.4 Å². The zero-order chi connectivity index (χ0) is 12.2. The zero-order valence-corrected chi connectivity index (χ0v) is 12.4. The molecule has 0 amide bonds. The molecular weight excluding hydrogens is 257 g/mol. The van der Waals surface area contributed by atoms with Gasteiger partial charge in [-0.15, -0.1) is 12.4 Å². The first-order valence-electron chi connectivity index (χ1n) is 5.52. The molecule has 0 aliphatic rings. The highest BCUT2D eigenvalue weighted by atomic mass is 35.5. The van der Waals surface area contributed by atoms with Gasteiger partial charge in [0.05, 0.1) is 5.02 Å². The topological polar surface area (TPSA) is 21.3 Å². The number of halogens is 2. The van der Waals surface area contributed by atoms with E-state index in [9.17, 15) is 0 Å². The van der Waals surface area contributed by atoms with Gasteiger partial charge in [0, 0.05) is 12.1 Å². The second-order valence-electron chi connectivity index (χ2n) is 4.96. The Morgan fingerprint density at radius 3 is 2.47 bits per heavy atom. The summed E-state index contributed by atoms with van der Waals surface area (Å²) in [6.45, 7) is 9.84. The van der Waals surface area contributed by atoms with Crippen molar-refractivity contribution in [2.75, 3.05) is 13.2 Å². The minimum absolute atomic E-state index is 0. The molecule has 1 aromatic rings. The summed E-state index contributed by atoms with van der Waals surface area (Å²) >= 11 is 6.05. The summed E-state index contributed by atoms with van der Waals surface area (Å²) in [4.78, 5) is 0. The van der Waals surface area contributed by atoms with E-state index < -0.39 is 0 Å². The highest BCUT2D eigenvalue weighted by Gasteiger charge is 2.08. The van der Waals surface area contributed by atoms with E-state index in [0.29, 0.717) is 11.6 Å². The smallest absolute Gasteiger partial charge is 0.137 e. The first-order valence-corrected chi connectivity index (χ1v) is 5.90. The van der Waals surface area contributed by atoms with Gasteiger partial charge in [0.15, 0.2) is 0 Å². The van der Waals surface area contributed by atoms with Crippen molar-refractivity contribution in [1.29, 1.82) is 0 Å². The zero-order valence-electron chi connectivity index (χ0n) is 10.8. The second kappa shape index (κ2) is 7.10. The lowest BCUT2D eigenvalue weighted by Gasteiger charge is -2.20. The minimum Gasteiger partial charge on any atom is -0.491 e. The Hall–Kier alpha value is -0.440. The first kappa shape index (κ1) is 16.6. The third-order valence-corrected chi connectivity index (χ3v) is 2.40. The minimum atomic E-state index is 0. The molecule has 1 rings (SSSR count). The molecule has 17 heavy (non-hydrogen) atoms. The van der Waals surface area contributed by atoms with E-state index in [1.165, 1.54) is 0 Å². The molecule has 0 aliphatic carbocycles. The molecule has 0 aromatic heterocycles. The molecule has 2 nitrogen and oxygen atoms in total. The van der Waals surface area contributed by atoms with Gasteiger partial charge in [0.1, 0.15) is 12.4 Å². The van der Waals surface area contributed by atoms with Crippen LogP contribution >= 0.6 is 24.0 Å². The molecule has 0 aliphatic heterocycles. The van der Waals surface area contributed by atoms with Crippen molar-refractivity contribution >= 4 is 24.0 Å². The first-order chi connectivity index (χ1) is 7.38. The van der Waals surface area contributed by atoms with Crippen LogP contribution in [0.3, 0.4) is 0 Å². The molecule has 0 unspecified atom stereocenters. The summed E-state index contributed by atoms with van der Waals surface area (Å²) in [5.41, 5.74) is 1.27. The summed E-state index contributed by atoms with van der Waals surface area (Å²) < 4.78 is 5.59. The highest BCUT2D eigenvalue weighted by molar-refractivity contribution is 6.32. The molecule has 0 saturated carbocycles. The quantitative estimate of drug-likeness (QED) is 0.845. The van der Waals surface area contributed by atoms with Crippen molar-refractivity contribution in [3.63, 3.8) is 0 Å². The van der Waals surface area contributed by atoms with Crippen molar-refractivity contribution in [3.05, 3.63) is 28.8 Å². The van der Waals surface area contributed by atoms with E-state index in [1.54, 1.807) is 0 Å². The van der Waals surface area contributed by atoms with Crippen LogP contribution in [0, 0.1) is 6.92 Å². The summed E-state index contributed by atoms with van der Waals surface area (Å²) in [6.07, 6.45) is 0. The summed E-state index contributed by atoms with van der Waals surface area (Å²) in [6, 6.07) is 5.82. The molecule has 0 heterocycles. The lowest BCUT2D eigenvalue weighted by molar-refractivity contribution is 0.291. The van der Waals surface area contributed by atoms with Crippen LogP contribution < -0.4 is 10.1 Å². The Bertz CT molecular complexity index is 348. The predicted octanol–water partition coefficient (Wildman–Crippen LogP) is 3.84. The van der Waals surface area contributed by atoms with Gasteiger partial charge in [0.25, 0.3) is 0 Å². The van der Waals surface area contributed by atoms with E-state index in [4.69, 9.17) is 16.3 Å². The van der Waals surface area contributed by atoms with Gasteiger partial charge in [-0.1, -0.05) is 17.7 Å². The van der Waals surface area contributed by atoms with Crippen molar-refractivity contribution in [2.45, 2.75) is 33.2 Å². The van der Waals surface area contributed by atoms with Crippen molar-refractivity contribution in [2.24, 2.45) is 0 Å². The molecule has 0 radical (unpaired) electrons. The third-order valence-electron chi connectivity index (χ3n) is 2.10. The summed E-state index contributed by atoms with van der Waals surface area (Å²) in [7, 11) is 0. The molecule has 0 atom stereocenters. The van der Waals surface area contributed by atoms with E-state index in [2.05, 4.69) is 26.1 Å². The fraction of sp³-hybridized carbons (Fsp3) is 0.538. The van der Waals surface area contributed by atoms with E-state index in [1.807, 2.05) is 25.1 Å². The van der Waals surface area contributed by atoms with E-state index in [-0.39, 0.29) is 17.9 Å². The van der Waals surface area contributed by atoms with Gasteiger partial charge < -0.3 is 10.1 Å². The van der Waals surface area contributed by atoms with Crippen LogP contribution in [0.2, 0.25) is 5.02 Å². The number of aryl methyl sites for hydroxylation is 1. The fourth-order valence-electron chi connectivity index (χ4n) is 1.31. The summed E-state index contributed by atoms with van der Waals surface area (Å²) in [5, 5.41) is 4.03. The second-order valence-corrected chi connectivity index (χ2v) is 5.37. The average molecular weight is 278 g/mol. The molecule has 4 heteroatoms. The Kier molecular flexibility index (Phi) is 6.91. The molecule has 0 bridgehead atoms. The Labute approximate surface area is 115 Å². The van der Waals surface area contributed by atoms with Crippen LogP contribution in [0.4, 0.5) is 0 Å². The van der Waals surface area contributed by atoms with Gasteiger partial charge in [0.2, 0.25) is 0 Å². The third kappa shape index (κ3) is 6.77. The number of rotatable bonds is 4. The van der Waals surface area contributed by atoms with Gasteiger partial charge in [-0.3, -0.25) is 0 Å². The number of benzene rings is 1.